The van der Waals surface area contributed by atoms with E-state index in [2.05, 4.69) is 9.97 Å². The Bertz CT molecular complexity index is 1220. The number of para-hydroxylation sites is 2. The monoisotopic (exact) mass is 446 g/mol. The molecule has 1 amide bonds. The quantitative estimate of drug-likeness (QED) is 0.401. The van der Waals surface area contributed by atoms with Gasteiger partial charge in [-0.3, -0.25) is 4.79 Å². The van der Waals surface area contributed by atoms with E-state index in [1.165, 1.54) is 11.8 Å². The molecule has 154 valence electrons. The maximum atomic E-state index is 13.2. The fraction of sp³-hybridized carbons (Fsp3) is 0.125. The fourth-order valence-electron chi connectivity index (χ4n) is 3.69. The minimum absolute atomic E-state index is 0.0525. The van der Waals surface area contributed by atoms with E-state index in [9.17, 15) is 4.79 Å². The van der Waals surface area contributed by atoms with Crippen LogP contribution in [0.5, 0.6) is 0 Å². The lowest BCUT2D eigenvalue weighted by atomic mass is 9.98. The molecule has 1 N–H and O–H groups in total. The van der Waals surface area contributed by atoms with Gasteiger partial charge in [0.2, 0.25) is 0 Å². The third kappa shape index (κ3) is 4.22. The maximum absolute atomic E-state index is 13.2. The number of amides is 1. The number of aromatic nitrogens is 2. The first-order valence-corrected chi connectivity index (χ1v) is 11.3. The molecular formula is C24H19ClN4OS. The molecule has 0 unspecified atom stereocenters. The van der Waals surface area contributed by atoms with Gasteiger partial charge in [-0.2, -0.15) is 5.10 Å². The van der Waals surface area contributed by atoms with Crippen LogP contribution in [0.1, 0.15) is 23.6 Å². The molecular weight excluding hydrogens is 428 g/mol. The predicted molar refractivity (Wildman–Crippen MR) is 125 cm³/mol. The number of halogens is 1. The van der Waals surface area contributed by atoms with Crippen molar-refractivity contribution in [2.75, 3.05) is 5.75 Å². The van der Waals surface area contributed by atoms with Crippen molar-refractivity contribution in [3.63, 3.8) is 0 Å². The summed E-state index contributed by atoms with van der Waals surface area (Å²) in [5.74, 6) is 0.198. The SMILES string of the molecule is O=C(CSc1nc2ccccc2[nH]1)N1N=C(c2ccc(Cl)cc2)C[C@H]1c1ccccc1. The second-order valence-electron chi connectivity index (χ2n) is 7.27. The van der Waals surface area contributed by atoms with Gasteiger partial charge in [0.1, 0.15) is 0 Å². The Labute approximate surface area is 189 Å². The molecule has 0 saturated heterocycles. The Morgan fingerprint density at radius 1 is 1.03 bits per heavy atom. The molecule has 5 nitrogen and oxygen atoms in total. The summed E-state index contributed by atoms with van der Waals surface area (Å²) in [6, 6.07) is 25.3. The Morgan fingerprint density at radius 3 is 2.55 bits per heavy atom. The van der Waals surface area contributed by atoms with E-state index in [1.54, 1.807) is 5.01 Å². The van der Waals surface area contributed by atoms with Crippen LogP contribution in [0.2, 0.25) is 5.02 Å². The average Bonchev–Trinajstić information content (AvgIpc) is 3.43. The summed E-state index contributed by atoms with van der Waals surface area (Å²) in [4.78, 5) is 21.0. The highest BCUT2D eigenvalue weighted by Crippen LogP contribution is 2.34. The zero-order chi connectivity index (χ0) is 21.2. The maximum Gasteiger partial charge on any atom is 0.253 e. The molecule has 31 heavy (non-hydrogen) atoms. The van der Waals surface area contributed by atoms with E-state index in [4.69, 9.17) is 16.7 Å². The largest absolute Gasteiger partial charge is 0.333 e. The van der Waals surface area contributed by atoms with Crippen molar-refractivity contribution in [1.29, 1.82) is 0 Å². The Balaban J connectivity index is 1.38. The minimum Gasteiger partial charge on any atom is -0.333 e. The van der Waals surface area contributed by atoms with Gasteiger partial charge in [0.15, 0.2) is 5.16 Å². The molecule has 1 aromatic heterocycles. The standard InChI is InChI=1S/C24H19ClN4OS/c25-18-12-10-16(11-13-18)21-14-22(17-6-2-1-3-7-17)29(28-21)23(30)15-31-24-26-19-8-4-5-9-20(19)27-24/h1-13,22H,14-15H2,(H,26,27)/t22-/m0/s1. The van der Waals surface area contributed by atoms with Crippen LogP contribution in [0.3, 0.4) is 0 Å². The Kier molecular flexibility index (Phi) is 5.49. The van der Waals surface area contributed by atoms with Gasteiger partial charge in [-0.25, -0.2) is 9.99 Å². The fourth-order valence-corrected chi connectivity index (χ4v) is 4.55. The number of nitrogens with zero attached hydrogens (tertiary/aromatic N) is 3. The van der Waals surface area contributed by atoms with Crippen LogP contribution in [0, 0.1) is 0 Å². The number of hydrogen-bond donors (Lipinski definition) is 1. The van der Waals surface area contributed by atoms with Gasteiger partial charge in [0.05, 0.1) is 28.5 Å². The van der Waals surface area contributed by atoms with Crippen molar-refractivity contribution in [3.05, 3.63) is 95.0 Å². The summed E-state index contributed by atoms with van der Waals surface area (Å²) in [5, 5.41) is 7.74. The minimum atomic E-state index is -0.129. The lowest BCUT2D eigenvalue weighted by Gasteiger charge is -2.21. The van der Waals surface area contributed by atoms with Crippen molar-refractivity contribution in [3.8, 4) is 0 Å². The zero-order valence-corrected chi connectivity index (χ0v) is 18.1. The van der Waals surface area contributed by atoms with Crippen LogP contribution in [0.25, 0.3) is 11.0 Å². The average molecular weight is 447 g/mol. The molecule has 0 saturated carbocycles. The smallest absolute Gasteiger partial charge is 0.253 e. The Morgan fingerprint density at radius 2 is 1.77 bits per heavy atom. The first-order chi connectivity index (χ1) is 15.2. The van der Waals surface area contributed by atoms with Crippen LogP contribution in [0.15, 0.2) is 89.1 Å². The van der Waals surface area contributed by atoms with Crippen LogP contribution in [-0.4, -0.2) is 32.3 Å². The molecule has 1 aliphatic rings. The summed E-state index contributed by atoms with van der Waals surface area (Å²) in [7, 11) is 0. The molecule has 0 aliphatic carbocycles. The molecule has 4 aromatic rings. The highest BCUT2D eigenvalue weighted by atomic mass is 35.5. The molecule has 3 aromatic carbocycles. The third-order valence-electron chi connectivity index (χ3n) is 5.23. The molecule has 0 spiro atoms. The van der Waals surface area contributed by atoms with Crippen LogP contribution < -0.4 is 0 Å². The lowest BCUT2D eigenvalue weighted by Crippen LogP contribution is -2.28. The van der Waals surface area contributed by atoms with Crippen LogP contribution in [0.4, 0.5) is 0 Å². The van der Waals surface area contributed by atoms with Gasteiger partial charge >= 0.3 is 0 Å². The first kappa shape index (κ1) is 19.8. The number of carbonyl (C=O) groups excluding carboxylic acids is 1. The third-order valence-corrected chi connectivity index (χ3v) is 6.34. The van der Waals surface area contributed by atoms with E-state index >= 15 is 0 Å². The summed E-state index contributed by atoms with van der Waals surface area (Å²) in [6.45, 7) is 0. The molecule has 7 heteroatoms. The zero-order valence-electron chi connectivity index (χ0n) is 16.5. The van der Waals surface area contributed by atoms with E-state index in [0.717, 1.165) is 33.0 Å². The number of aromatic amines is 1. The first-order valence-electron chi connectivity index (χ1n) is 9.95. The molecule has 1 atom stereocenters. The molecule has 5 rings (SSSR count). The van der Waals surface area contributed by atoms with Gasteiger partial charge in [-0.1, -0.05) is 78.0 Å². The predicted octanol–water partition coefficient (Wildman–Crippen LogP) is 5.69. The number of H-pyrrole nitrogens is 1. The molecule has 0 fully saturated rings. The number of hydrogen-bond acceptors (Lipinski definition) is 4. The number of rotatable bonds is 5. The van der Waals surface area contributed by atoms with Gasteiger partial charge in [0.25, 0.3) is 5.91 Å². The van der Waals surface area contributed by atoms with Crippen molar-refractivity contribution < 1.29 is 4.79 Å². The van der Waals surface area contributed by atoms with Gasteiger partial charge in [0, 0.05) is 11.4 Å². The lowest BCUT2D eigenvalue weighted by molar-refractivity contribution is -0.130. The van der Waals surface area contributed by atoms with Gasteiger partial charge in [-0.05, 0) is 35.4 Å². The van der Waals surface area contributed by atoms with Crippen LogP contribution >= 0.6 is 23.4 Å². The summed E-state index contributed by atoms with van der Waals surface area (Å²) in [6.07, 6.45) is 0.659. The number of fused-ring (bicyclic) bond motifs is 1. The van der Waals surface area contributed by atoms with E-state index in [0.29, 0.717) is 11.4 Å². The normalized spacial score (nSPS) is 16.0. The number of hydrazone groups is 1. The van der Waals surface area contributed by atoms with E-state index in [-0.39, 0.29) is 17.7 Å². The number of carbonyl (C=O) groups is 1. The number of benzene rings is 3. The number of nitrogens with one attached hydrogen (secondary N) is 1. The van der Waals surface area contributed by atoms with E-state index < -0.39 is 0 Å². The topological polar surface area (TPSA) is 61.4 Å². The second-order valence-corrected chi connectivity index (χ2v) is 8.67. The molecule has 2 heterocycles. The molecule has 1 aliphatic heterocycles. The van der Waals surface area contributed by atoms with Crippen molar-refractivity contribution in [1.82, 2.24) is 15.0 Å². The van der Waals surface area contributed by atoms with E-state index in [1.807, 2.05) is 78.9 Å². The number of imidazole rings is 1. The van der Waals surface area contributed by atoms with Crippen molar-refractivity contribution in [2.45, 2.75) is 17.6 Å². The number of thioether (sulfide) groups is 1. The highest BCUT2D eigenvalue weighted by molar-refractivity contribution is 7.99. The van der Waals surface area contributed by atoms with Gasteiger partial charge in [-0.15, -0.1) is 0 Å². The van der Waals surface area contributed by atoms with Crippen molar-refractivity contribution in [2.24, 2.45) is 5.10 Å². The summed E-state index contributed by atoms with van der Waals surface area (Å²) < 4.78 is 0. The van der Waals surface area contributed by atoms with Gasteiger partial charge < -0.3 is 4.98 Å². The van der Waals surface area contributed by atoms with Crippen molar-refractivity contribution >= 4 is 46.0 Å². The second kappa shape index (κ2) is 8.57. The molecule has 0 radical (unpaired) electrons. The highest BCUT2D eigenvalue weighted by Gasteiger charge is 2.33. The molecule has 0 bridgehead atoms. The Hall–Kier alpha value is -3.09. The summed E-state index contributed by atoms with van der Waals surface area (Å²) in [5.41, 5.74) is 4.78. The summed E-state index contributed by atoms with van der Waals surface area (Å²) >= 11 is 7.43. The van der Waals surface area contributed by atoms with Crippen LogP contribution in [-0.2, 0) is 4.79 Å².